The minimum absolute atomic E-state index is 0.260. The Morgan fingerprint density at radius 3 is 2.58 bits per heavy atom. The van der Waals surface area contributed by atoms with E-state index in [4.69, 9.17) is 9.47 Å². The highest BCUT2D eigenvalue weighted by Crippen LogP contribution is 2.50. The third kappa shape index (κ3) is 5.04. The number of benzene rings is 2. The molecule has 0 spiro atoms. The number of amides is 1. The lowest BCUT2D eigenvalue weighted by molar-refractivity contribution is 0.0754. The molecule has 3 aliphatic rings. The van der Waals surface area contributed by atoms with Crippen LogP contribution in [-0.2, 0) is 4.74 Å². The first-order chi connectivity index (χ1) is 15.3. The van der Waals surface area contributed by atoms with Crippen LogP contribution in [0.5, 0.6) is 5.75 Å². The fourth-order valence-electron chi connectivity index (χ4n) is 4.97. The summed E-state index contributed by atoms with van der Waals surface area (Å²) in [6.45, 7) is 5.33. The van der Waals surface area contributed by atoms with Crippen LogP contribution in [-0.4, -0.2) is 50.4 Å². The Balaban J connectivity index is 0.959. The van der Waals surface area contributed by atoms with Gasteiger partial charge >= 0.3 is 6.09 Å². The predicted octanol–water partition coefficient (Wildman–Crippen LogP) is 4.93. The van der Waals surface area contributed by atoms with Gasteiger partial charge in [-0.05, 0) is 73.3 Å². The molecule has 1 amide bonds. The lowest BCUT2D eigenvalue weighted by Gasteiger charge is -2.39. The largest absolute Gasteiger partial charge is 0.492 e. The maximum absolute atomic E-state index is 11.8. The summed E-state index contributed by atoms with van der Waals surface area (Å²) in [4.78, 5) is 16.0. The van der Waals surface area contributed by atoms with Gasteiger partial charge in [0.15, 0.2) is 0 Å². The van der Waals surface area contributed by atoms with Gasteiger partial charge in [0, 0.05) is 31.9 Å². The number of likely N-dealkylation sites (tertiary alicyclic amines) is 1. The van der Waals surface area contributed by atoms with E-state index < -0.39 is 0 Å². The summed E-state index contributed by atoms with van der Waals surface area (Å²) in [6.07, 6.45) is 4.74. The summed E-state index contributed by atoms with van der Waals surface area (Å²) in [7, 11) is 0. The topological polar surface area (TPSA) is 42.0 Å². The summed E-state index contributed by atoms with van der Waals surface area (Å²) < 4.78 is 11.0. The fraction of sp³-hybridized carbons (Fsp3) is 0.500. The smallest absolute Gasteiger partial charge is 0.414 e. The van der Waals surface area contributed by atoms with Gasteiger partial charge in [0.05, 0.1) is 6.61 Å². The molecule has 31 heavy (non-hydrogen) atoms. The average Bonchev–Trinajstić information content (AvgIpc) is 3.56. The fourth-order valence-corrected chi connectivity index (χ4v) is 4.97. The van der Waals surface area contributed by atoms with E-state index in [-0.39, 0.29) is 6.09 Å². The molecule has 2 aromatic carbocycles. The van der Waals surface area contributed by atoms with E-state index in [1.807, 2.05) is 24.3 Å². The second kappa shape index (κ2) is 9.31. The molecule has 164 valence electrons. The van der Waals surface area contributed by atoms with E-state index in [0.717, 1.165) is 42.2 Å². The first-order valence-electron chi connectivity index (χ1n) is 11.7. The molecule has 1 saturated carbocycles. The molecule has 0 unspecified atom stereocenters. The van der Waals surface area contributed by atoms with Crippen molar-refractivity contribution in [1.82, 2.24) is 4.90 Å². The van der Waals surface area contributed by atoms with Crippen LogP contribution < -0.4 is 9.64 Å². The third-order valence-corrected chi connectivity index (χ3v) is 6.93. The minimum Gasteiger partial charge on any atom is -0.492 e. The molecule has 5 nitrogen and oxygen atoms in total. The summed E-state index contributed by atoms with van der Waals surface area (Å²) in [5.41, 5.74) is 2.40. The van der Waals surface area contributed by atoms with Crippen LogP contribution in [0.4, 0.5) is 10.5 Å². The van der Waals surface area contributed by atoms with Crippen LogP contribution in [0.15, 0.2) is 54.6 Å². The second-order valence-corrected chi connectivity index (χ2v) is 9.18. The molecule has 5 heteroatoms. The van der Waals surface area contributed by atoms with Crippen molar-refractivity contribution in [3.63, 3.8) is 0 Å². The molecular formula is C26H32N2O3. The van der Waals surface area contributed by atoms with Gasteiger partial charge in [0.25, 0.3) is 0 Å². The zero-order valence-electron chi connectivity index (χ0n) is 18.1. The molecule has 2 aliphatic heterocycles. The van der Waals surface area contributed by atoms with E-state index in [0.29, 0.717) is 19.8 Å². The Labute approximate surface area is 184 Å². The van der Waals surface area contributed by atoms with Crippen molar-refractivity contribution in [2.24, 2.45) is 11.8 Å². The van der Waals surface area contributed by atoms with Gasteiger partial charge < -0.3 is 9.47 Å². The molecule has 2 saturated heterocycles. The molecule has 2 aromatic rings. The van der Waals surface area contributed by atoms with Crippen LogP contribution in [0.3, 0.4) is 0 Å². The first kappa shape index (κ1) is 20.4. The number of carbonyl (C=O) groups excluding carboxylic acids is 1. The van der Waals surface area contributed by atoms with Crippen LogP contribution in [0.2, 0.25) is 0 Å². The third-order valence-electron chi connectivity index (χ3n) is 6.93. The summed E-state index contributed by atoms with van der Waals surface area (Å²) in [5.74, 6) is 3.44. The van der Waals surface area contributed by atoms with Gasteiger partial charge in [-0.15, -0.1) is 0 Å². The Kier molecular flexibility index (Phi) is 6.12. The highest BCUT2D eigenvalue weighted by atomic mass is 16.6. The Morgan fingerprint density at radius 2 is 1.81 bits per heavy atom. The van der Waals surface area contributed by atoms with Crippen LogP contribution in [0.1, 0.15) is 37.2 Å². The van der Waals surface area contributed by atoms with Crippen LogP contribution in [0.25, 0.3) is 0 Å². The quantitative estimate of drug-likeness (QED) is 0.577. The summed E-state index contributed by atoms with van der Waals surface area (Å²) in [6, 6.07) is 18.7. The molecule has 1 aliphatic carbocycles. The minimum atomic E-state index is -0.260. The Morgan fingerprint density at radius 1 is 1.00 bits per heavy atom. The summed E-state index contributed by atoms with van der Waals surface area (Å²) in [5, 5.41) is 0. The van der Waals surface area contributed by atoms with E-state index in [2.05, 4.69) is 35.2 Å². The lowest BCUT2D eigenvalue weighted by Crippen LogP contribution is -2.48. The van der Waals surface area contributed by atoms with Crippen molar-refractivity contribution in [3.8, 4) is 5.75 Å². The molecule has 0 bridgehead atoms. The molecule has 0 N–H and O–H groups in total. The number of cyclic esters (lactones) is 1. The molecular weight excluding hydrogens is 388 g/mol. The van der Waals surface area contributed by atoms with Gasteiger partial charge in [-0.3, -0.25) is 9.80 Å². The van der Waals surface area contributed by atoms with Gasteiger partial charge in [0.1, 0.15) is 12.4 Å². The standard InChI is InChI=1S/C26H32N2O3/c29-26-28(13-4-15-31-26)23-9-11-24(12-10-23)30-16-14-27-18-20(19-27)7-8-22-17-25(22)21-5-2-1-3-6-21/h1-3,5-6,9-12,20,22,25H,4,7-8,13-19H2/t22-,25+/m1/s1. The highest BCUT2D eigenvalue weighted by molar-refractivity contribution is 5.88. The number of carbonyl (C=O) groups is 1. The van der Waals surface area contributed by atoms with Crippen LogP contribution in [0, 0.1) is 11.8 Å². The molecule has 5 rings (SSSR count). The first-order valence-corrected chi connectivity index (χ1v) is 11.7. The van der Waals surface area contributed by atoms with Crippen molar-refractivity contribution < 1.29 is 14.3 Å². The zero-order valence-corrected chi connectivity index (χ0v) is 18.1. The van der Waals surface area contributed by atoms with Crippen molar-refractivity contribution in [1.29, 1.82) is 0 Å². The predicted molar refractivity (Wildman–Crippen MR) is 122 cm³/mol. The second-order valence-electron chi connectivity index (χ2n) is 9.18. The van der Waals surface area contributed by atoms with E-state index in [1.54, 1.807) is 4.90 Å². The maximum atomic E-state index is 11.8. The van der Waals surface area contributed by atoms with Crippen molar-refractivity contribution in [2.45, 2.75) is 31.6 Å². The number of nitrogens with zero attached hydrogens (tertiary/aromatic N) is 2. The SMILES string of the molecule is O=C1OCCCN1c1ccc(OCCN2CC(CC[C@@H]3C[C@H]3c3ccccc3)C2)cc1. The van der Waals surface area contributed by atoms with Gasteiger partial charge in [-0.2, -0.15) is 0 Å². The van der Waals surface area contributed by atoms with Gasteiger partial charge in [-0.1, -0.05) is 30.3 Å². The normalized spacial score (nSPS) is 23.9. The number of ether oxygens (including phenoxy) is 2. The Hall–Kier alpha value is -2.53. The van der Waals surface area contributed by atoms with Crippen LogP contribution >= 0.6 is 0 Å². The Bertz CT molecular complexity index is 864. The zero-order chi connectivity index (χ0) is 21.0. The average molecular weight is 421 g/mol. The lowest BCUT2D eigenvalue weighted by atomic mass is 9.93. The number of rotatable bonds is 9. The molecule has 0 radical (unpaired) electrons. The highest BCUT2D eigenvalue weighted by Gasteiger charge is 2.38. The molecule has 3 fully saturated rings. The van der Waals surface area contributed by atoms with Crippen molar-refractivity contribution in [3.05, 3.63) is 60.2 Å². The van der Waals surface area contributed by atoms with E-state index in [1.165, 1.54) is 37.9 Å². The van der Waals surface area contributed by atoms with E-state index >= 15 is 0 Å². The van der Waals surface area contributed by atoms with Crippen molar-refractivity contribution in [2.75, 3.05) is 44.3 Å². The molecule has 2 atom stereocenters. The monoisotopic (exact) mass is 420 g/mol. The number of hydrogen-bond acceptors (Lipinski definition) is 4. The summed E-state index contributed by atoms with van der Waals surface area (Å²) >= 11 is 0. The number of hydrogen-bond donors (Lipinski definition) is 0. The maximum Gasteiger partial charge on any atom is 0.414 e. The van der Waals surface area contributed by atoms with Gasteiger partial charge in [-0.25, -0.2) is 4.79 Å². The molecule has 0 aromatic heterocycles. The van der Waals surface area contributed by atoms with Crippen molar-refractivity contribution >= 4 is 11.8 Å². The molecule has 2 heterocycles. The van der Waals surface area contributed by atoms with Gasteiger partial charge in [0.2, 0.25) is 0 Å². The van der Waals surface area contributed by atoms with E-state index in [9.17, 15) is 4.79 Å². The number of anilines is 1.